The third-order valence-electron chi connectivity index (χ3n) is 7.86. The van der Waals surface area contributed by atoms with E-state index in [1.807, 2.05) is 6.92 Å². The molecule has 8 heteroatoms. The number of rotatable bonds is 4. The van der Waals surface area contributed by atoms with Crippen molar-refractivity contribution in [3.8, 4) is 6.07 Å². The molecule has 36 heavy (non-hydrogen) atoms. The molecule has 0 spiro atoms. The molecule has 1 N–H and O–H groups in total. The van der Waals surface area contributed by atoms with Crippen LogP contribution in [0.2, 0.25) is 0 Å². The van der Waals surface area contributed by atoms with E-state index in [9.17, 15) is 24.0 Å². The van der Waals surface area contributed by atoms with Gasteiger partial charge < -0.3 is 10.1 Å². The fraction of sp³-hybridized carbons (Fsp3) is 0.286. The van der Waals surface area contributed by atoms with Gasteiger partial charge in [0.2, 0.25) is 17.7 Å². The number of carbonyl (C=O) groups excluding carboxylic acids is 3. The molecule has 3 fully saturated rings. The molecule has 4 atom stereocenters. The summed E-state index contributed by atoms with van der Waals surface area (Å²) in [6, 6.07) is 18.0. The largest absolute Gasteiger partial charge is 0.367 e. The second-order valence-electron chi connectivity index (χ2n) is 9.97. The highest BCUT2D eigenvalue weighted by molar-refractivity contribution is 6.26. The van der Waals surface area contributed by atoms with Crippen LogP contribution in [0, 0.1) is 29.0 Å². The molecule has 0 saturated carbocycles. The Kier molecular flexibility index (Phi) is 4.79. The Morgan fingerprint density at radius 3 is 2.47 bits per heavy atom. The van der Waals surface area contributed by atoms with E-state index in [-0.39, 0.29) is 18.2 Å². The number of imide groups is 1. The molecule has 4 unspecified atom stereocenters. The van der Waals surface area contributed by atoms with Crippen molar-refractivity contribution in [3.63, 3.8) is 0 Å². The van der Waals surface area contributed by atoms with Crippen molar-refractivity contribution in [3.05, 3.63) is 72.0 Å². The molecule has 2 bridgehead atoms. The molecule has 3 aromatic carbocycles. The van der Waals surface area contributed by atoms with Crippen LogP contribution in [0.3, 0.4) is 0 Å². The van der Waals surface area contributed by atoms with Crippen molar-refractivity contribution in [1.82, 2.24) is 0 Å². The first-order valence-electron chi connectivity index (χ1n) is 11.8. The number of hydrogen-bond donors (Lipinski definition) is 1. The molecule has 180 valence electrons. The third-order valence-corrected chi connectivity index (χ3v) is 7.86. The van der Waals surface area contributed by atoms with Gasteiger partial charge in [-0.2, -0.15) is 5.26 Å². The summed E-state index contributed by atoms with van der Waals surface area (Å²) in [5.74, 6) is -3.01. The molecule has 0 aromatic heterocycles. The van der Waals surface area contributed by atoms with Crippen molar-refractivity contribution in [1.29, 1.82) is 5.26 Å². The predicted molar refractivity (Wildman–Crippen MR) is 129 cm³/mol. The zero-order valence-corrected chi connectivity index (χ0v) is 19.5. The number of nitrogens with one attached hydrogen (secondary N) is 1. The lowest BCUT2D eigenvalue weighted by Crippen LogP contribution is -2.44. The van der Waals surface area contributed by atoms with Crippen molar-refractivity contribution >= 4 is 39.9 Å². The molecule has 3 aliphatic heterocycles. The summed E-state index contributed by atoms with van der Waals surface area (Å²) in [5.41, 5.74) is -0.633. The van der Waals surface area contributed by atoms with Crippen molar-refractivity contribution in [2.24, 2.45) is 11.8 Å². The quantitative estimate of drug-likeness (QED) is 0.558. The second-order valence-corrected chi connectivity index (χ2v) is 9.97. The predicted octanol–water partition coefficient (Wildman–Crippen LogP) is 4.31. The van der Waals surface area contributed by atoms with Gasteiger partial charge >= 0.3 is 0 Å². The van der Waals surface area contributed by atoms with E-state index in [2.05, 4.69) is 11.4 Å². The molecule has 3 amide bonds. The van der Waals surface area contributed by atoms with Crippen LogP contribution in [0.4, 0.5) is 15.8 Å². The Hall–Kier alpha value is -4.09. The highest BCUT2D eigenvalue weighted by Gasteiger charge is 2.74. The number of nitrogens with zero attached hydrogens (tertiary/aromatic N) is 2. The highest BCUT2D eigenvalue weighted by atomic mass is 19.1. The van der Waals surface area contributed by atoms with E-state index in [1.165, 1.54) is 29.2 Å². The van der Waals surface area contributed by atoms with Crippen LogP contribution >= 0.6 is 0 Å². The van der Waals surface area contributed by atoms with Crippen LogP contribution in [-0.2, 0) is 19.1 Å². The maximum atomic E-state index is 13.9. The number of amides is 3. The van der Waals surface area contributed by atoms with Gasteiger partial charge in [-0.25, -0.2) is 9.29 Å². The summed E-state index contributed by atoms with van der Waals surface area (Å²) in [6.45, 7) is 1.84. The number of benzene rings is 3. The standard InChI is InChI=1S/C28H22FN3O4/c1-27-12-13-28(36-27,14-22(33)31-18-9-7-17(29)8-10-18)24-23(27)25(34)32(26(24)35)21-11-6-16(15-30)19-4-2-3-5-20(19)21/h2-11,23-24H,12-14H2,1H3,(H,31,33). The van der Waals surface area contributed by atoms with E-state index in [4.69, 9.17) is 4.74 Å². The van der Waals surface area contributed by atoms with Gasteiger partial charge in [0, 0.05) is 16.5 Å². The summed E-state index contributed by atoms with van der Waals surface area (Å²) in [6.07, 6.45) is 0.934. The first-order valence-corrected chi connectivity index (χ1v) is 11.8. The van der Waals surface area contributed by atoms with E-state index < -0.39 is 34.8 Å². The van der Waals surface area contributed by atoms with Gasteiger partial charge in [-0.1, -0.05) is 24.3 Å². The molecule has 3 saturated heterocycles. The van der Waals surface area contributed by atoms with Gasteiger partial charge in [0.15, 0.2) is 0 Å². The molecule has 0 aliphatic carbocycles. The van der Waals surface area contributed by atoms with Gasteiger partial charge in [0.05, 0.1) is 46.8 Å². The minimum atomic E-state index is -1.10. The fourth-order valence-corrected chi connectivity index (χ4v) is 6.34. The molecular formula is C28H22FN3O4. The van der Waals surface area contributed by atoms with Crippen molar-refractivity contribution < 1.29 is 23.5 Å². The Morgan fingerprint density at radius 2 is 1.75 bits per heavy atom. The second kappa shape index (κ2) is 7.70. The molecule has 6 rings (SSSR count). The number of fused-ring (bicyclic) bond motifs is 6. The van der Waals surface area contributed by atoms with E-state index >= 15 is 0 Å². The molecule has 3 aromatic rings. The average Bonchev–Trinajstić information content (AvgIpc) is 3.44. The zero-order chi connectivity index (χ0) is 25.2. The van der Waals surface area contributed by atoms with Gasteiger partial charge in [-0.05, 0) is 56.2 Å². The normalized spacial score (nSPS) is 28.4. The first-order chi connectivity index (χ1) is 17.3. The molecule has 3 heterocycles. The first kappa shape index (κ1) is 22.4. The Labute approximate surface area is 206 Å². The van der Waals surface area contributed by atoms with Crippen LogP contribution in [0.1, 0.15) is 31.7 Å². The summed E-state index contributed by atoms with van der Waals surface area (Å²) in [5, 5.41) is 13.6. The van der Waals surface area contributed by atoms with E-state index in [0.717, 1.165) is 0 Å². The summed E-state index contributed by atoms with van der Waals surface area (Å²) >= 11 is 0. The maximum absolute atomic E-state index is 13.9. The van der Waals surface area contributed by atoms with Crippen LogP contribution < -0.4 is 10.2 Å². The SMILES string of the molecule is CC12CCC(CC(=O)Nc3ccc(F)cc3)(O1)C1C(=O)N(c3ccc(C#N)c4ccccc34)C(=O)C12. The third kappa shape index (κ3) is 3.09. The monoisotopic (exact) mass is 483 g/mol. The summed E-state index contributed by atoms with van der Waals surface area (Å²) in [4.78, 5) is 41.9. The van der Waals surface area contributed by atoms with E-state index in [1.54, 1.807) is 36.4 Å². The highest BCUT2D eigenvalue weighted by Crippen LogP contribution is 2.62. The van der Waals surface area contributed by atoms with Crippen molar-refractivity contribution in [2.75, 3.05) is 10.2 Å². The lowest BCUT2D eigenvalue weighted by atomic mass is 9.67. The lowest BCUT2D eigenvalue weighted by molar-refractivity contribution is -0.133. The Morgan fingerprint density at radius 1 is 1.06 bits per heavy atom. The fourth-order valence-electron chi connectivity index (χ4n) is 6.34. The smallest absolute Gasteiger partial charge is 0.240 e. The van der Waals surface area contributed by atoms with Crippen LogP contribution in [-0.4, -0.2) is 28.9 Å². The Bertz CT molecular complexity index is 1500. The minimum absolute atomic E-state index is 0.0951. The van der Waals surface area contributed by atoms with Crippen molar-refractivity contribution in [2.45, 2.75) is 37.4 Å². The summed E-state index contributed by atoms with van der Waals surface area (Å²) < 4.78 is 19.6. The van der Waals surface area contributed by atoms with Gasteiger partial charge in [-0.3, -0.25) is 14.4 Å². The number of anilines is 2. The Balaban J connectivity index is 1.36. The molecular weight excluding hydrogens is 461 g/mol. The zero-order valence-electron chi connectivity index (χ0n) is 19.5. The van der Waals surface area contributed by atoms with Gasteiger partial charge in [0.25, 0.3) is 0 Å². The van der Waals surface area contributed by atoms with Crippen LogP contribution in [0.15, 0.2) is 60.7 Å². The lowest BCUT2D eigenvalue weighted by Gasteiger charge is -2.30. The van der Waals surface area contributed by atoms with Gasteiger partial charge in [0.1, 0.15) is 5.82 Å². The number of nitriles is 1. The molecule has 7 nitrogen and oxygen atoms in total. The minimum Gasteiger partial charge on any atom is -0.367 e. The van der Waals surface area contributed by atoms with Crippen LogP contribution in [0.25, 0.3) is 10.8 Å². The number of carbonyl (C=O) groups is 3. The van der Waals surface area contributed by atoms with Gasteiger partial charge in [-0.15, -0.1) is 0 Å². The topological polar surface area (TPSA) is 99.5 Å². The summed E-state index contributed by atoms with van der Waals surface area (Å²) in [7, 11) is 0. The number of hydrogen-bond acceptors (Lipinski definition) is 5. The number of ether oxygens (including phenoxy) is 1. The average molecular weight is 483 g/mol. The van der Waals surface area contributed by atoms with E-state index in [0.29, 0.717) is 40.6 Å². The molecule has 3 aliphatic rings. The van der Waals surface area contributed by atoms with Crippen LogP contribution in [0.5, 0.6) is 0 Å². The number of halogens is 1. The molecule has 0 radical (unpaired) electrons. The maximum Gasteiger partial charge on any atom is 0.240 e.